The number of hydrogen-bond donors (Lipinski definition) is 0. The van der Waals surface area contributed by atoms with Gasteiger partial charge in [-0.15, -0.1) is 0 Å². The lowest BCUT2D eigenvalue weighted by atomic mass is 9.96. The molecule has 2 unspecified atom stereocenters. The molecule has 0 saturated carbocycles. The van der Waals surface area contributed by atoms with E-state index in [0.29, 0.717) is 4.83 Å². The second kappa shape index (κ2) is 7.14. The first kappa shape index (κ1) is 16.0. The first-order chi connectivity index (χ1) is 10.7. The smallest absolute Gasteiger partial charge is 0.256 e. The van der Waals surface area contributed by atoms with Crippen molar-refractivity contribution in [1.29, 1.82) is 0 Å². The zero-order valence-electron chi connectivity index (χ0n) is 13.2. The third kappa shape index (κ3) is 3.38. The summed E-state index contributed by atoms with van der Waals surface area (Å²) < 4.78 is 5.58. The molecule has 1 saturated heterocycles. The van der Waals surface area contributed by atoms with Crippen LogP contribution in [0.3, 0.4) is 0 Å². The molecule has 3 rings (SSSR count). The van der Waals surface area contributed by atoms with Crippen molar-refractivity contribution in [2.75, 3.05) is 18.1 Å². The fourth-order valence-electron chi connectivity index (χ4n) is 3.35. The minimum Gasteiger partial charge on any atom is -0.368 e. The molecule has 1 fully saturated rings. The summed E-state index contributed by atoms with van der Waals surface area (Å²) >= 11 is 3.71. The van der Waals surface area contributed by atoms with Gasteiger partial charge in [-0.1, -0.05) is 35.0 Å². The first-order valence-electron chi connectivity index (χ1n) is 8.38. The molecule has 2 heterocycles. The molecule has 0 aromatic heterocycles. The number of fused-ring (bicyclic) bond motifs is 1. The number of hydrogen-bond acceptors (Lipinski definition) is 2. The summed E-state index contributed by atoms with van der Waals surface area (Å²) in [5.41, 5.74) is 3.76. The Bertz CT molecular complexity index is 540. The highest BCUT2D eigenvalue weighted by Crippen LogP contribution is 2.31. The summed E-state index contributed by atoms with van der Waals surface area (Å²) in [7, 11) is 0. The Morgan fingerprint density at radius 3 is 3.05 bits per heavy atom. The van der Waals surface area contributed by atoms with Crippen molar-refractivity contribution in [3.63, 3.8) is 0 Å². The largest absolute Gasteiger partial charge is 0.368 e. The Morgan fingerprint density at radius 1 is 1.45 bits per heavy atom. The topological polar surface area (TPSA) is 29.5 Å². The van der Waals surface area contributed by atoms with E-state index in [4.69, 9.17) is 4.74 Å². The standard InChI is InChI=1S/C18H24BrNO2/c1-2-15(19)12-13-7-8-16-14(11-13)5-3-9-20(16)18(21)17-6-4-10-22-17/h7-8,11,15,17H,2-6,9-10,12H2,1H3. The fraction of sp³-hybridized carbons (Fsp3) is 0.611. The van der Waals surface area contributed by atoms with E-state index < -0.39 is 0 Å². The average Bonchev–Trinajstić information content (AvgIpc) is 3.07. The number of ether oxygens (including phenoxy) is 1. The van der Waals surface area contributed by atoms with Gasteiger partial charge in [-0.25, -0.2) is 0 Å². The molecule has 0 radical (unpaired) electrons. The summed E-state index contributed by atoms with van der Waals surface area (Å²) in [6, 6.07) is 6.59. The van der Waals surface area contributed by atoms with Gasteiger partial charge in [-0.2, -0.15) is 0 Å². The number of aryl methyl sites for hydroxylation is 1. The zero-order valence-corrected chi connectivity index (χ0v) is 14.8. The van der Waals surface area contributed by atoms with Crippen LogP contribution in [-0.4, -0.2) is 30.0 Å². The van der Waals surface area contributed by atoms with Crippen LogP contribution >= 0.6 is 15.9 Å². The van der Waals surface area contributed by atoms with E-state index in [9.17, 15) is 4.79 Å². The van der Waals surface area contributed by atoms with Crippen molar-refractivity contribution in [3.05, 3.63) is 29.3 Å². The molecule has 2 atom stereocenters. The van der Waals surface area contributed by atoms with Gasteiger partial charge in [0.15, 0.2) is 0 Å². The zero-order chi connectivity index (χ0) is 15.5. The molecule has 1 aromatic rings. The van der Waals surface area contributed by atoms with Gasteiger partial charge in [-0.3, -0.25) is 4.79 Å². The van der Waals surface area contributed by atoms with Crippen LogP contribution in [0.15, 0.2) is 18.2 Å². The number of nitrogens with zero attached hydrogens (tertiary/aromatic N) is 1. The molecule has 0 spiro atoms. The van der Waals surface area contributed by atoms with Crippen molar-refractivity contribution in [2.24, 2.45) is 0 Å². The van der Waals surface area contributed by atoms with E-state index in [2.05, 4.69) is 41.1 Å². The van der Waals surface area contributed by atoms with Gasteiger partial charge < -0.3 is 9.64 Å². The molecule has 4 heteroatoms. The molecule has 3 nitrogen and oxygen atoms in total. The number of amides is 1. The fourth-order valence-corrected chi connectivity index (χ4v) is 3.73. The normalized spacial score (nSPS) is 22.5. The number of carbonyl (C=O) groups is 1. The Hall–Kier alpha value is -0.870. The minimum absolute atomic E-state index is 0.151. The van der Waals surface area contributed by atoms with Crippen LogP contribution in [0.5, 0.6) is 0 Å². The van der Waals surface area contributed by atoms with Crippen molar-refractivity contribution in [3.8, 4) is 0 Å². The Kier molecular flexibility index (Phi) is 5.19. The van der Waals surface area contributed by atoms with Crippen molar-refractivity contribution in [1.82, 2.24) is 0 Å². The highest BCUT2D eigenvalue weighted by atomic mass is 79.9. The summed E-state index contributed by atoms with van der Waals surface area (Å²) in [5.74, 6) is 0.151. The Morgan fingerprint density at radius 2 is 2.32 bits per heavy atom. The Labute approximate surface area is 141 Å². The number of anilines is 1. The monoisotopic (exact) mass is 365 g/mol. The maximum Gasteiger partial charge on any atom is 0.256 e. The molecule has 2 aliphatic rings. The van der Waals surface area contributed by atoms with Gasteiger partial charge in [0.25, 0.3) is 5.91 Å². The number of benzene rings is 1. The lowest BCUT2D eigenvalue weighted by molar-refractivity contribution is -0.127. The third-order valence-electron chi connectivity index (χ3n) is 4.63. The van der Waals surface area contributed by atoms with Gasteiger partial charge in [-0.05, 0) is 55.7 Å². The lowest BCUT2D eigenvalue weighted by Crippen LogP contribution is -2.42. The van der Waals surface area contributed by atoms with Gasteiger partial charge >= 0.3 is 0 Å². The number of alkyl halides is 1. The van der Waals surface area contributed by atoms with E-state index in [0.717, 1.165) is 57.4 Å². The average molecular weight is 366 g/mol. The quantitative estimate of drug-likeness (QED) is 0.758. The van der Waals surface area contributed by atoms with E-state index in [1.165, 1.54) is 11.1 Å². The van der Waals surface area contributed by atoms with Crippen LogP contribution in [-0.2, 0) is 22.4 Å². The highest BCUT2D eigenvalue weighted by molar-refractivity contribution is 9.09. The molecule has 0 N–H and O–H groups in total. The maximum absolute atomic E-state index is 12.7. The number of halogens is 1. The Balaban J connectivity index is 1.79. The van der Waals surface area contributed by atoms with Gasteiger partial charge in [0.1, 0.15) is 6.10 Å². The number of carbonyl (C=O) groups excluding carboxylic acids is 1. The predicted octanol–water partition coefficient (Wildman–Crippen LogP) is 3.86. The lowest BCUT2D eigenvalue weighted by Gasteiger charge is -2.31. The molecule has 120 valence electrons. The van der Waals surface area contributed by atoms with Crippen LogP contribution in [0.1, 0.15) is 43.7 Å². The van der Waals surface area contributed by atoms with Crippen LogP contribution < -0.4 is 4.90 Å². The second-order valence-electron chi connectivity index (χ2n) is 6.27. The van der Waals surface area contributed by atoms with Crippen molar-refractivity contribution >= 4 is 27.5 Å². The highest BCUT2D eigenvalue weighted by Gasteiger charge is 2.31. The number of rotatable bonds is 4. The maximum atomic E-state index is 12.7. The van der Waals surface area contributed by atoms with Crippen LogP contribution in [0.25, 0.3) is 0 Å². The molecular weight excluding hydrogens is 342 g/mol. The van der Waals surface area contributed by atoms with E-state index in [1.807, 2.05) is 4.90 Å². The molecule has 2 aliphatic heterocycles. The minimum atomic E-state index is -0.224. The third-order valence-corrected chi connectivity index (χ3v) is 5.61. The second-order valence-corrected chi connectivity index (χ2v) is 7.56. The van der Waals surface area contributed by atoms with Crippen LogP contribution in [0, 0.1) is 0 Å². The predicted molar refractivity (Wildman–Crippen MR) is 92.8 cm³/mol. The summed E-state index contributed by atoms with van der Waals surface area (Å²) in [6.45, 7) is 3.74. The van der Waals surface area contributed by atoms with E-state index in [1.54, 1.807) is 0 Å². The summed E-state index contributed by atoms with van der Waals surface area (Å²) in [6.07, 6.45) is 5.92. The first-order valence-corrected chi connectivity index (χ1v) is 9.29. The van der Waals surface area contributed by atoms with Crippen LogP contribution in [0.4, 0.5) is 5.69 Å². The van der Waals surface area contributed by atoms with Crippen molar-refractivity contribution < 1.29 is 9.53 Å². The summed E-state index contributed by atoms with van der Waals surface area (Å²) in [4.78, 5) is 15.1. The van der Waals surface area contributed by atoms with Gasteiger partial charge in [0, 0.05) is 23.7 Å². The van der Waals surface area contributed by atoms with E-state index in [-0.39, 0.29) is 12.0 Å². The van der Waals surface area contributed by atoms with Crippen molar-refractivity contribution in [2.45, 2.75) is 56.4 Å². The molecule has 0 aliphatic carbocycles. The molecular formula is C18H24BrNO2. The van der Waals surface area contributed by atoms with Crippen LogP contribution in [0.2, 0.25) is 0 Å². The SMILES string of the molecule is CCC(Br)Cc1ccc2c(c1)CCCN2C(=O)C1CCCO1. The van der Waals surface area contributed by atoms with E-state index >= 15 is 0 Å². The molecule has 22 heavy (non-hydrogen) atoms. The summed E-state index contributed by atoms with van der Waals surface area (Å²) in [5, 5.41) is 0. The molecule has 1 aromatic carbocycles. The molecule has 0 bridgehead atoms. The van der Waals surface area contributed by atoms with Gasteiger partial charge in [0.2, 0.25) is 0 Å². The molecule has 1 amide bonds. The van der Waals surface area contributed by atoms with Gasteiger partial charge in [0.05, 0.1) is 0 Å².